The van der Waals surface area contributed by atoms with E-state index in [0.29, 0.717) is 48.6 Å². The number of aliphatic hydroxyl groups is 1. The van der Waals surface area contributed by atoms with E-state index in [2.05, 4.69) is 46.8 Å². The zero-order valence-electron chi connectivity index (χ0n) is 71.8. The van der Waals surface area contributed by atoms with Gasteiger partial charge in [-0.1, -0.05) is 143 Å². The van der Waals surface area contributed by atoms with Gasteiger partial charge in [0, 0.05) is 95.7 Å². The molecule has 11 rings (SSSR count). The molecule has 3 aromatic heterocycles. The van der Waals surface area contributed by atoms with Crippen LogP contribution in [0.5, 0.6) is 0 Å². The van der Waals surface area contributed by atoms with Gasteiger partial charge in [-0.15, -0.1) is 0 Å². The van der Waals surface area contributed by atoms with Crippen molar-refractivity contribution in [3.63, 3.8) is 0 Å². The Morgan fingerprint density at radius 2 is 0.843 bits per heavy atom. The van der Waals surface area contributed by atoms with E-state index in [1.54, 1.807) is 84.1 Å². The second-order valence-corrected chi connectivity index (χ2v) is 33.5. The third-order valence-corrected chi connectivity index (χ3v) is 19.8. The molecule has 0 spiro atoms. The van der Waals surface area contributed by atoms with Crippen LogP contribution in [0.4, 0.5) is 45.0 Å². The quantitative estimate of drug-likeness (QED) is 0.0146. The summed E-state index contributed by atoms with van der Waals surface area (Å²) in [7, 11) is 11.7. The number of carboxylic acids is 1. The molecule has 2 fully saturated rings. The smallest absolute Gasteiger partial charge is 0.870 e. The summed E-state index contributed by atoms with van der Waals surface area (Å²) in [6, 6.07) is 53.1. The molecule has 2 saturated heterocycles. The summed E-state index contributed by atoms with van der Waals surface area (Å²) in [4.78, 5) is 93.2. The van der Waals surface area contributed by atoms with E-state index >= 15 is 0 Å². The number of alkyl carbamates (subject to hydrolysis) is 3. The Bertz CT molecular complexity index is 4790. The molecule has 0 aliphatic carbocycles. The molecule has 2 aliphatic heterocycles. The van der Waals surface area contributed by atoms with Crippen molar-refractivity contribution in [2.24, 2.45) is 11.8 Å². The number of rotatable bonds is 26. The van der Waals surface area contributed by atoms with Gasteiger partial charge in [0.1, 0.15) is 63.9 Å². The molecule has 5 heterocycles. The number of esters is 2. The Morgan fingerprint density at radius 3 is 1.17 bits per heavy atom. The molecule has 2 aliphatic rings. The SMILES string of the molecule is CN(C)c1ccc(-c2ccc(C[C@H](NC(=O)OC(C)(C)C)[C@@H](O)C[C@@H](Cc3ccccc3F)C(=O)O)cc2)cn1.CN(C)c1ccc(-c2ccc(C[C@H](NC(=O)OC(C)(C)C)[C@@H]3CCC(=O)O3)cc2)cn1.CN(C)c1ccc(-c2ccc(C[C@H](NC(=O)OC(C)(C)C)[C@@H]3C[C@@H](Cc4ccccc4F)C(=O)O3)cc2)cn1.Fc1ccccc1CBr.[Na+].[OH-]. The first-order valence-corrected chi connectivity index (χ1v) is 40.6. The van der Waals surface area contributed by atoms with Gasteiger partial charge in [0.15, 0.2) is 0 Å². The van der Waals surface area contributed by atoms with Crippen LogP contribution in [0.3, 0.4) is 0 Å². The molecule has 3 amide bonds. The fraction of sp³-hybridized carbons (Fsp3) is 0.387. The van der Waals surface area contributed by atoms with Crippen LogP contribution in [-0.2, 0) is 75.5 Å². The van der Waals surface area contributed by atoms with Crippen LogP contribution in [0.2, 0.25) is 0 Å². The van der Waals surface area contributed by atoms with Crippen LogP contribution in [0.1, 0.15) is 121 Å². The molecule has 0 bridgehead atoms. The molecular formula is C93H112BrF3N9NaO14. The Labute approximate surface area is 738 Å². The minimum Gasteiger partial charge on any atom is -0.870 e. The number of benzene rings is 6. The van der Waals surface area contributed by atoms with Crippen molar-refractivity contribution < 1.29 is 111 Å². The summed E-state index contributed by atoms with van der Waals surface area (Å²) >= 11 is 3.17. The van der Waals surface area contributed by atoms with Gasteiger partial charge in [-0.25, -0.2) is 42.5 Å². The molecular weight excluding hydrogens is 1630 g/mol. The van der Waals surface area contributed by atoms with Gasteiger partial charge in [0.2, 0.25) is 0 Å². The summed E-state index contributed by atoms with van der Waals surface area (Å²) in [5.74, 6) is -1.68. The number of nitrogens with zero attached hydrogens (tertiary/aromatic N) is 6. The van der Waals surface area contributed by atoms with Crippen LogP contribution >= 0.6 is 15.9 Å². The zero-order chi connectivity index (χ0) is 86.9. The largest absolute Gasteiger partial charge is 1.00 e. The molecule has 6 N–H and O–H groups in total. The number of aliphatic hydroxyl groups excluding tert-OH is 1. The number of pyridine rings is 3. The summed E-state index contributed by atoms with van der Waals surface area (Å²) < 4.78 is 68.4. The molecule has 0 saturated carbocycles. The molecule has 0 unspecified atom stereocenters. The summed E-state index contributed by atoms with van der Waals surface area (Å²) in [6.45, 7) is 16.0. The van der Waals surface area contributed by atoms with E-state index in [1.807, 2.05) is 205 Å². The van der Waals surface area contributed by atoms with Gasteiger partial charge in [0.25, 0.3) is 0 Å². The molecule has 28 heteroatoms. The number of amides is 3. The Balaban J connectivity index is 0.000000266. The Hall–Kier alpha value is -10.4. The Morgan fingerprint density at radius 1 is 0.488 bits per heavy atom. The number of aromatic nitrogens is 3. The van der Waals surface area contributed by atoms with Gasteiger partial charge in [0.05, 0.1) is 36.1 Å². The number of ether oxygens (including phenoxy) is 5. The summed E-state index contributed by atoms with van der Waals surface area (Å²) in [6.07, 6.45) is 4.01. The van der Waals surface area contributed by atoms with Crippen LogP contribution in [-0.4, -0.2) is 162 Å². The average molecular weight is 1740 g/mol. The maximum atomic E-state index is 14.2. The molecule has 642 valence electrons. The van der Waals surface area contributed by atoms with Crippen LogP contribution in [0.25, 0.3) is 33.4 Å². The maximum absolute atomic E-state index is 14.2. The van der Waals surface area contributed by atoms with Crippen LogP contribution < -0.4 is 60.2 Å². The number of aliphatic carboxylic acids is 1. The van der Waals surface area contributed by atoms with Crippen molar-refractivity contribution in [3.8, 4) is 33.4 Å². The van der Waals surface area contributed by atoms with Crippen molar-refractivity contribution in [2.45, 2.75) is 179 Å². The number of halogens is 4. The molecule has 121 heavy (non-hydrogen) atoms. The molecule has 8 atom stereocenters. The van der Waals surface area contributed by atoms with E-state index in [-0.39, 0.29) is 102 Å². The van der Waals surface area contributed by atoms with E-state index < -0.39 is 83.0 Å². The maximum Gasteiger partial charge on any atom is 1.00 e. The monoisotopic (exact) mass is 1740 g/mol. The minimum atomic E-state index is -1.23. The van der Waals surface area contributed by atoms with Gasteiger partial charge >= 0.3 is 65.7 Å². The van der Waals surface area contributed by atoms with E-state index in [9.17, 15) is 52.2 Å². The van der Waals surface area contributed by atoms with Crippen molar-refractivity contribution in [1.82, 2.24) is 30.9 Å². The average Bonchev–Trinajstić information content (AvgIpc) is 1.52. The predicted octanol–water partition coefficient (Wildman–Crippen LogP) is 14.2. The van der Waals surface area contributed by atoms with Crippen molar-refractivity contribution in [2.75, 3.05) is 57.0 Å². The van der Waals surface area contributed by atoms with Crippen LogP contribution in [0, 0.1) is 29.3 Å². The number of anilines is 3. The Kier molecular flexibility index (Phi) is 38.2. The predicted molar refractivity (Wildman–Crippen MR) is 463 cm³/mol. The fourth-order valence-electron chi connectivity index (χ4n) is 13.0. The number of alkyl halides is 1. The fourth-order valence-corrected chi connectivity index (χ4v) is 13.5. The van der Waals surface area contributed by atoms with Crippen molar-refractivity contribution in [1.29, 1.82) is 0 Å². The number of hydrogen-bond donors (Lipinski definition) is 5. The standard InChI is InChI=1S/C31H38FN3O5.C31H36FN3O4.C24H31N3O4.C7H6BrF.Na.H2O/c1-31(2,3)40-30(39)34-26(27(36)18-24(29(37)38)17-22-8-6-7-9-25(22)32)16-20-10-12-21(13-11-20)23-14-15-28(33-19-23)35(4)5;1-31(2,3)39-30(37)34-26(27-18-24(29(36)38-27)17-22-8-6-7-9-25(22)32)16-20-10-12-21(13-11-20)23-14-15-28(33-19-23)35(4)5;1-24(2,3)31-23(29)26-19(20-11-13-22(28)30-20)14-16-6-8-17(9-7-16)18-10-12-21(25-15-18)27(4)5;8-5-6-3-1-2-4-7(6)9;;/h6-15,19,24,26-27,36H,16-18H2,1-5H3,(H,34,39)(H,37,38);6-15,19,24,26-27H,16-18H2,1-5H3,(H,34,37);6-10,12,15,19-20H,11,13-14H2,1-5H3,(H,26,29);1-4H,5H2;;1H2/q;;;;+1;/p-1/t2*24-,26+,27+;19-,20-;;;/m110.../s1. The first-order valence-electron chi connectivity index (χ1n) is 39.5. The summed E-state index contributed by atoms with van der Waals surface area (Å²) in [5, 5.41) is 30.1. The minimum absolute atomic E-state index is 0. The normalized spacial score (nSPS) is 15.4. The number of cyclic esters (lactones) is 2. The van der Waals surface area contributed by atoms with Crippen molar-refractivity contribution in [3.05, 3.63) is 251 Å². The number of carbonyl (C=O) groups is 6. The molecule has 0 radical (unpaired) electrons. The second-order valence-electron chi connectivity index (χ2n) is 33.0. The topological polar surface area (TPSA) is 304 Å². The van der Waals surface area contributed by atoms with E-state index in [4.69, 9.17) is 23.7 Å². The number of carbonyl (C=O) groups excluding carboxylic acids is 5. The molecule has 6 aromatic carbocycles. The van der Waals surface area contributed by atoms with Gasteiger partial charge in [-0.2, -0.15) is 0 Å². The van der Waals surface area contributed by atoms with Gasteiger partial charge in [-0.05, 0) is 212 Å². The molecule has 9 aromatic rings. The van der Waals surface area contributed by atoms with Gasteiger partial charge < -0.3 is 70.0 Å². The third-order valence-electron chi connectivity index (χ3n) is 19.2. The first-order chi connectivity index (χ1) is 56.2. The first kappa shape index (κ1) is 99.4. The third kappa shape index (κ3) is 32.8. The van der Waals surface area contributed by atoms with Crippen LogP contribution in [0.15, 0.2) is 201 Å². The number of hydrogen-bond acceptors (Lipinski definition) is 19. The second kappa shape index (κ2) is 46.6. The molecule has 23 nitrogen and oxygen atoms in total. The number of nitrogens with one attached hydrogen (secondary N) is 3. The van der Waals surface area contributed by atoms with E-state index in [0.717, 1.165) is 67.5 Å². The summed E-state index contributed by atoms with van der Waals surface area (Å²) in [5.41, 5.74) is 8.22. The zero-order valence-corrected chi connectivity index (χ0v) is 75.4. The van der Waals surface area contributed by atoms with Crippen molar-refractivity contribution >= 4 is 69.6 Å². The van der Waals surface area contributed by atoms with Gasteiger partial charge in [-0.3, -0.25) is 14.4 Å². The number of carboxylic acid groups (broad SMARTS) is 1. The van der Waals surface area contributed by atoms with E-state index in [1.165, 1.54) is 30.3 Å².